The summed E-state index contributed by atoms with van der Waals surface area (Å²) in [6.45, 7) is 4.94. The minimum absolute atomic E-state index is 0.145. The van der Waals surface area contributed by atoms with Crippen LogP contribution in [0.2, 0.25) is 0 Å². The lowest BCUT2D eigenvalue weighted by Crippen LogP contribution is -2.40. The molecule has 0 saturated carbocycles. The second-order valence-corrected chi connectivity index (χ2v) is 10.5. The second kappa shape index (κ2) is 10.8. The normalized spacial score (nSPS) is 15.6. The zero-order valence-corrected chi connectivity index (χ0v) is 20.7. The molecule has 1 amide bonds. The van der Waals surface area contributed by atoms with Crippen LogP contribution in [0.25, 0.3) is 10.2 Å². The van der Waals surface area contributed by atoms with Crippen molar-refractivity contribution < 1.29 is 27.4 Å². The Hall–Kier alpha value is -2.57. The molecule has 0 aliphatic carbocycles. The van der Waals surface area contributed by atoms with Gasteiger partial charge in [0, 0.05) is 31.8 Å². The van der Waals surface area contributed by atoms with Gasteiger partial charge in [-0.05, 0) is 49.4 Å². The van der Waals surface area contributed by atoms with Gasteiger partial charge in [-0.15, -0.1) is 0 Å². The van der Waals surface area contributed by atoms with Gasteiger partial charge in [0.2, 0.25) is 10.0 Å². The maximum atomic E-state index is 13.0. The first kappa shape index (κ1) is 24.6. The Kier molecular flexibility index (Phi) is 7.79. The Bertz CT molecular complexity index is 1320. The van der Waals surface area contributed by atoms with Gasteiger partial charge in [0.1, 0.15) is 5.75 Å². The van der Waals surface area contributed by atoms with E-state index in [4.69, 9.17) is 14.2 Å². The van der Waals surface area contributed by atoms with Crippen LogP contribution in [0.4, 0.5) is 0 Å². The number of carbonyl (C=O) groups excluding carboxylic acids is 1. The maximum absolute atomic E-state index is 13.0. The number of carbonyl (C=O) groups is 1. The average molecular weight is 506 g/mol. The van der Waals surface area contributed by atoms with Crippen molar-refractivity contribution in [2.24, 2.45) is 4.99 Å². The molecule has 1 aliphatic rings. The first-order valence-electron chi connectivity index (χ1n) is 11.0. The summed E-state index contributed by atoms with van der Waals surface area (Å²) in [6.07, 6.45) is 0. The Balaban J connectivity index is 1.64. The van der Waals surface area contributed by atoms with Crippen LogP contribution in [0, 0.1) is 0 Å². The molecule has 1 saturated heterocycles. The smallest absolute Gasteiger partial charge is 0.279 e. The SMILES string of the molecule is CCOCCn1c(=NC(=O)c2ccc(S(=O)(=O)N3CCOCC3)cc2)sc2cc(OC)ccc21. The van der Waals surface area contributed by atoms with Crippen LogP contribution in [-0.4, -0.2) is 69.8 Å². The number of nitrogens with zero attached hydrogens (tertiary/aromatic N) is 3. The molecule has 0 unspecified atom stereocenters. The standard InChI is InChI=1S/C23H27N3O6S2/c1-3-31-15-12-26-20-9-6-18(30-2)16-21(20)33-23(26)24-22(27)17-4-7-19(8-5-17)34(28,29)25-10-13-32-14-11-25/h4-9,16H,3,10-15H2,1-2H3. The molecule has 0 spiro atoms. The fourth-order valence-electron chi connectivity index (χ4n) is 3.64. The van der Waals surface area contributed by atoms with Crippen LogP contribution in [0.5, 0.6) is 5.75 Å². The van der Waals surface area contributed by atoms with Crippen LogP contribution < -0.4 is 9.54 Å². The Labute approximate surface area is 202 Å². The van der Waals surface area contributed by atoms with Crippen LogP contribution in [0.1, 0.15) is 17.3 Å². The van der Waals surface area contributed by atoms with Crippen molar-refractivity contribution >= 4 is 37.5 Å². The predicted octanol–water partition coefficient (Wildman–Crippen LogP) is 2.51. The van der Waals surface area contributed by atoms with E-state index in [1.807, 2.05) is 29.7 Å². The van der Waals surface area contributed by atoms with Crippen molar-refractivity contribution in [2.75, 3.05) is 46.6 Å². The molecule has 11 heteroatoms. The third-order valence-electron chi connectivity index (χ3n) is 5.46. The van der Waals surface area contributed by atoms with Crippen LogP contribution >= 0.6 is 11.3 Å². The molecule has 0 bridgehead atoms. The molecule has 182 valence electrons. The molecule has 1 aromatic heterocycles. The third kappa shape index (κ3) is 5.23. The van der Waals surface area contributed by atoms with Gasteiger partial charge in [-0.2, -0.15) is 9.30 Å². The van der Waals surface area contributed by atoms with Crippen molar-refractivity contribution in [2.45, 2.75) is 18.4 Å². The van der Waals surface area contributed by atoms with Crippen LogP contribution in [-0.2, 0) is 26.0 Å². The second-order valence-electron chi connectivity index (χ2n) is 7.52. The Morgan fingerprint density at radius 3 is 2.56 bits per heavy atom. The van der Waals surface area contributed by atoms with Crippen LogP contribution in [0.3, 0.4) is 0 Å². The molecule has 34 heavy (non-hydrogen) atoms. The van der Waals surface area contributed by atoms with Crippen LogP contribution in [0.15, 0.2) is 52.4 Å². The van der Waals surface area contributed by atoms with E-state index < -0.39 is 15.9 Å². The van der Waals surface area contributed by atoms with Crippen molar-refractivity contribution in [3.8, 4) is 5.75 Å². The van der Waals surface area contributed by atoms with E-state index in [2.05, 4.69) is 4.99 Å². The lowest BCUT2D eigenvalue weighted by molar-refractivity contribution is 0.0730. The van der Waals surface area contributed by atoms with E-state index in [1.165, 1.54) is 39.9 Å². The summed E-state index contributed by atoms with van der Waals surface area (Å²) in [5.41, 5.74) is 1.25. The van der Waals surface area contributed by atoms with Gasteiger partial charge in [0.05, 0.1) is 42.0 Å². The number of fused-ring (bicyclic) bond motifs is 1. The number of aromatic nitrogens is 1. The van der Waals surface area contributed by atoms with Gasteiger partial charge in [0.25, 0.3) is 5.91 Å². The van der Waals surface area contributed by atoms with Crippen molar-refractivity contribution in [1.82, 2.24) is 8.87 Å². The van der Waals surface area contributed by atoms with Gasteiger partial charge in [-0.25, -0.2) is 8.42 Å². The third-order valence-corrected chi connectivity index (χ3v) is 8.41. The molecular formula is C23H27N3O6S2. The number of thiazole rings is 1. The largest absolute Gasteiger partial charge is 0.497 e. The molecule has 4 rings (SSSR count). The van der Waals surface area contributed by atoms with Gasteiger partial charge in [0.15, 0.2) is 4.80 Å². The summed E-state index contributed by atoms with van der Waals surface area (Å²) in [5, 5.41) is 0. The number of amides is 1. The van der Waals surface area contributed by atoms with E-state index in [0.29, 0.717) is 56.4 Å². The highest BCUT2D eigenvalue weighted by atomic mass is 32.2. The molecule has 3 aromatic rings. The first-order chi connectivity index (χ1) is 16.4. The van der Waals surface area contributed by atoms with Gasteiger partial charge in [-0.1, -0.05) is 11.3 Å². The Morgan fingerprint density at radius 2 is 1.88 bits per heavy atom. The zero-order chi connectivity index (χ0) is 24.1. The minimum Gasteiger partial charge on any atom is -0.497 e. The number of ether oxygens (including phenoxy) is 3. The highest BCUT2D eigenvalue weighted by molar-refractivity contribution is 7.89. The highest BCUT2D eigenvalue weighted by Gasteiger charge is 2.26. The topological polar surface area (TPSA) is 99.4 Å². The molecule has 9 nitrogen and oxygen atoms in total. The van der Waals surface area contributed by atoms with E-state index in [-0.39, 0.29) is 4.90 Å². The monoisotopic (exact) mass is 505 g/mol. The first-order valence-corrected chi connectivity index (χ1v) is 13.2. The van der Waals surface area contributed by atoms with Gasteiger partial charge < -0.3 is 18.8 Å². The van der Waals surface area contributed by atoms with Crippen molar-refractivity contribution in [1.29, 1.82) is 0 Å². The van der Waals surface area contributed by atoms with Crippen molar-refractivity contribution in [3.05, 3.63) is 52.8 Å². The summed E-state index contributed by atoms with van der Waals surface area (Å²) in [5.74, 6) is 0.277. The lowest BCUT2D eigenvalue weighted by atomic mass is 10.2. The molecule has 1 aliphatic heterocycles. The van der Waals surface area contributed by atoms with E-state index in [0.717, 1.165) is 16.0 Å². The number of rotatable bonds is 8. The van der Waals surface area contributed by atoms with Gasteiger partial charge in [-0.3, -0.25) is 4.79 Å². The average Bonchev–Trinajstić information content (AvgIpc) is 3.20. The Morgan fingerprint density at radius 1 is 1.15 bits per heavy atom. The van der Waals surface area contributed by atoms with E-state index in [9.17, 15) is 13.2 Å². The van der Waals surface area contributed by atoms with Gasteiger partial charge >= 0.3 is 0 Å². The maximum Gasteiger partial charge on any atom is 0.279 e. The summed E-state index contributed by atoms with van der Waals surface area (Å²) < 4.78 is 46.0. The molecule has 2 heterocycles. The van der Waals surface area contributed by atoms with Crippen molar-refractivity contribution in [3.63, 3.8) is 0 Å². The number of methoxy groups -OCH3 is 1. The fourth-order valence-corrected chi connectivity index (χ4v) is 6.13. The summed E-state index contributed by atoms with van der Waals surface area (Å²) in [7, 11) is -2.02. The predicted molar refractivity (Wildman–Crippen MR) is 129 cm³/mol. The summed E-state index contributed by atoms with van der Waals surface area (Å²) >= 11 is 1.39. The number of hydrogen-bond donors (Lipinski definition) is 0. The molecule has 0 atom stereocenters. The molecule has 0 N–H and O–H groups in total. The quantitative estimate of drug-likeness (QED) is 0.436. The minimum atomic E-state index is -3.62. The summed E-state index contributed by atoms with van der Waals surface area (Å²) in [6, 6.07) is 11.6. The molecule has 2 aromatic carbocycles. The number of benzene rings is 2. The summed E-state index contributed by atoms with van der Waals surface area (Å²) in [4.78, 5) is 18.0. The highest BCUT2D eigenvalue weighted by Crippen LogP contribution is 2.23. The molecular weight excluding hydrogens is 478 g/mol. The number of sulfonamides is 1. The number of hydrogen-bond acceptors (Lipinski definition) is 7. The van der Waals surface area contributed by atoms with E-state index >= 15 is 0 Å². The lowest BCUT2D eigenvalue weighted by Gasteiger charge is -2.26. The number of morpholine rings is 1. The molecule has 0 radical (unpaired) electrons. The fraction of sp³-hybridized carbons (Fsp3) is 0.391. The van der Waals surface area contributed by atoms with E-state index in [1.54, 1.807) is 7.11 Å². The zero-order valence-electron chi connectivity index (χ0n) is 19.1. The molecule has 1 fully saturated rings.